The minimum absolute atomic E-state index is 0.479. The number of nitrogens with two attached hydrogens (primary N) is 2. The van der Waals surface area contributed by atoms with Crippen molar-refractivity contribution in [1.29, 1.82) is 0 Å². The first-order chi connectivity index (χ1) is 5.27. The molecule has 0 amide bonds. The van der Waals surface area contributed by atoms with Gasteiger partial charge in [-0.05, 0) is 18.6 Å². The van der Waals surface area contributed by atoms with Crippen LogP contribution in [0.4, 0.5) is 0 Å². The molecule has 1 aromatic rings. The molecule has 0 bridgehead atoms. The highest BCUT2D eigenvalue weighted by Crippen LogP contribution is 2.04. The lowest BCUT2D eigenvalue weighted by Gasteiger charge is -2.03. The summed E-state index contributed by atoms with van der Waals surface area (Å²) < 4.78 is 0. The summed E-state index contributed by atoms with van der Waals surface area (Å²) in [6, 6.07) is 3.92. The van der Waals surface area contributed by atoms with Crippen molar-refractivity contribution in [3.63, 3.8) is 0 Å². The van der Waals surface area contributed by atoms with Crippen molar-refractivity contribution in [3.05, 3.63) is 29.1 Å². The molecule has 1 rings (SSSR count). The van der Waals surface area contributed by atoms with Gasteiger partial charge in [0.25, 0.3) is 0 Å². The Bertz CT molecular complexity index is 245. The van der Waals surface area contributed by atoms with Crippen molar-refractivity contribution >= 4 is 0 Å². The molecule has 4 N–H and O–H groups in total. The Hall–Kier alpha value is -0.930. The van der Waals surface area contributed by atoms with Gasteiger partial charge in [0.1, 0.15) is 0 Å². The molecule has 1 aromatic heterocycles. The molecule has 3 heteroatoms. The van der Waals surface area contributed by atoms with Crippen LogP contribution in [0.15, 0.2) is 12.1 Å². The van der Waals surface area contributed by atoms with E-state index in [-0.39, 0.29) is 0 Å². The van der Waals surface area contributed by atoms with E-state index in [1.54, 1.807) is 0 Å². The van der Waals surface area contributed by atoms with E-state index in [2.05, 4.69) is 4.98 Å². The number of aryl methyl sites for hydroxylation is 1. The van der Waals surface area contributed by atoms with Crippen LogP contribution in [0.25, 0.3) is 0 Å². The Balaban J connectivity index is 3.02. The first kappa shape index (κ1) is 8.17. The van der Waals surface area contributed by atoms with E-state index in [1.807, 2.05) is 19.1 Å². The van der Waals surface area contributed by atoms with Crippen molar-refractivity contribution in [2.75, 3.05) is 0 Å². The fourth-order valence-electron chi connectivity index (χ4n) is 0.936. The second-order valence-electron chi connectivity index (χ2n) is 2.47. The summed E-state index contributed by atoms with van der Waals surface area (Å²) in [5.41, 5.74) is 13.9. The number of hydrogen-bond acceptors (Lipinski definition) is 3. The summed E-state index contributed by atoms with van der Waals surface area (Å²) in [5.74, 6) is 0. The summed E-state index contributed by atoms with van der Waals surface area (Å²) in [5, 5.41) is 0. The van der Waals surface area contributed by atoms with Crippen molar-refractivity contribution in [2.45, 2.75) is 20.0 Å². The maximum absolute atomic E-state index is 5.47. The summed E-state index contributed by atoms with van der Waals surface area (Å²) >= 11 is 0. The highest BCUT2D eigenvalue weighted by Gasteiger charge is 1.97. The lowest BCUT2D eigenvalue weighted by atomic mass is 10.2. The van der Waals surface area contributed by atoms with Crippen LogP contribution in [0.3, 0.4) is 0 Å². The highest BCUT2D eigenvalue weighted by atomic mass is 14.8. The molecule has 3 nitrogen and oxygen atoms in total. The molecule has 0 aliphatic heterocycles. The molecule has 0 fully saturated rings. The Kier molecular flexibility index (Phi) is 2.57. The van der Waals surface area contributed by atoms with Gasteiger partial charge in [0.15, 0.2) is 0 Å². The normalized spacial score (nSPS) is 10.1. The summed E-state index contributed by atoms with van der Waals surface area (Å²) in [4.78, 5) is 4.26. The Morgan fingerprint density at radius 3 is 2.55 bits per heavy atom. The van der Waals surface area contributed by atoms with Crippen molar-refractivity contribution in [2.24, 2.45) is 11.5 Å². The molecule has 60 valence electrons. The lowest BCUT2D eigenvalue weighted by molar-refractivity contribution is 0.902. The lowest BCUT2D eigenvalue weighted by Crippen LogP contribution is -2.07. The third kappa shape index (κ3) is 1.76. The molecule has 0 atom stereocenters. The van der Waals surface area contributed by atoms with Gasteiger partial charge >= 0.3 is 0 Å². The van der Waals surface area contributed by atoms with Gasteiger partial charge in [-0.2, -0.15) is 0 Å². The Morgan fingerprint density at radius 1 is 1.27 bits per heavy atom. The molecule has 1 heterocycles. The second kappa shape index (κ2) is 3.46. The van der Waals surface area contributed by atoms with Crippen LogP contribution in [-0.4, -0.2) is 4.98 Å². The zero-order valence-corrected chi connectivity index (χ0v) is 6.67. The van der Waals surface area contributed by atoms with Gasteiger partial charge in [0.05, 0.1) is 11.4 Å². The predicted octanol–water partition coefficient (Wildman–Crippen LogP) is 0.307. The Labute approximate surface area is 66.4 Å². The third-order valence-electron chi connectivity index (χ3n) is 1.66. The van der Waals surface area contributed by atoms with E-state index in [4.69, 9.17) is 11.5 Å². The first-order valence-electron chi connectivity index (χ1n) is 3.63. The molecule has 0 aromatic carbocycles. The van der Waals surface area contributed by atoms with Crippen molar-refractivity contribution in [3.8, 4) is 0 Å². The van der Waals surface area contributed by atoms with Crippen LogP contribution in [0.1, 0.15) is 17.0 Å². The largest absolute Gasteiger partial charge is 0.325 e. The second-order valence-corrected chi connectivity index (χ2v) is 2.47. The molecule has 0 unspecified atom stereocenters. The van der Waals surface area contributed by atoms with Gasteiger partial charge in [-0.1, -0.05) is 6.07 Å². The predicted molar refractivity (Wildman–Crippen MR) is 44.8 cm³/mol. The topological polar surface area (TPSA) is 64.9 Å². The van der Waals surface area contributed by atoms with Gasteiger partial charge in [-0.3, -0.25) is 4.98 Å². The van der Waals surface area contributed by atoms with Gasteiger partial charge in [-0.25, -0.2) is 0 Å². The summed E-state index contributed by atoms with van der Waals surface area (Å²) in [7, 11) is 0. The number of rotatable bonds is 2. The molecule has 0 aliphatic carbocycles. The zero-order valence-electron chi connectivity index (χ0n) is 6.67. The van der Waals surface area contributed by atoms with Gasteiger partial charge < -0.3 is 11.5 Å². The maximum Gasteiger partial charge on any atom is 0.0572 e. The minimum Gasteiger partial charge on any atom is -0.325 e. The van der Waals surface area contributed by atoms with E-state index in [9.17, 15) is 0 Å². The fourth-order valence-corrected chi connectivity index (χ4v) is 0.936. The van der Waals surface area contributed by atoms with Crippen molar-refractivity contribution in [1.82, 2.24) is 4.98 Å². The van der Waals surface area contributed by atoms with Gasteiger partial charge in [0, 0.05) is 13.1 Å². The van der Waals surface area contributed by atoms with Gasteiger partial charge in [-0.15, -0.1) is 0 Å². The van der Waals surface area contributed by atoms with Crippen LogP contribution in [-0.2, 0) is 13.1 Å². The van der Waals surface area contributed by atoms with Crippen LogP contribution >= 0.6 is 0 Å². The van der Waals surface area contributed by atoms with Crippen LogP contribution in [0.2, 0.25) is 0 Å². The van der Waals surface area contributed by atoms with E-state index in [0.717, 1.165) is 17.0 Å². The summed E-state index contributed by atoms with van der Waals surface area (Å²) in [6.45, 7) is 2.96. The summed E-state index contributed by atoms with van der Waals surface area (Å²) in [6.07, 6.45) is 0. The van der Waals surface area contributed by atoms with Crippen LogP contribution in [0, 0.1) is 6.92 Å². The molecule has 0 spiro atoms. The van der Waals surface area contributed by atoms with E-state index in [1.165, 1.54) is 0 Å². The minimum atomic E-state index is 0.479. The first-order valence-corrected chi connectivity index (χ1v) is 3.63. The standard InChI is InChI=1S/C8H13N3/c1-6-2-3-7(4-9)11-8(6)5-10/h2-3H,4-5,9-10H2,1H3. The van der Waals surface area contributed by atoms with E-state index >= 15 is 0 Å². The molecular weight excluding hydrogens is 138 g/mol. The van der Waals surface area contributed by atoms with Crippen molar-refractivity contribution < 1.29 is 0 Å². The van der Waals surface area contributed by atoms with E-state index in [0.29, 0.717) is 13.1 Å². The molecule has 0 saturated heterocycles. The highest BCUT2D eigenvalue weighted by molar-refractivity contribution is 5.21. The number of pyridine rings is 1. The van der Waals surface area contributed by atoms with Gasteiger partial charge in [0.2, 0.25) is 0 Å². The molecular formula is C8H13N3. The zero-order chi connectivity index (χ0) is 8.27. The number of nitrogens with zero attached hydrogens (tertiary/aromatic N) is 1. The third-order valence-corrected chi connectivity index (χ3v) is 1.66. The van der Waals surface area contributed by atoms with Crippen LogP contribution in [0.5, 0.6) is 0 Å². The Morgan fingerprint density at radius 2 is 2.00 bits per heavy atom. The number of hydrogen-bond donors (Lipinski definition) is 2. The van der Waals surface area contributed by atoms with E-state index < -0.39 is 0 Å². The molecule has 0 aliphatic rings. The molecule has 11 heavy (non-hydrogen) atoms. The number of aromatic nitrogens is 1. The average molecular weight is 151 g/mol. The molecule has 0 radical (unpaired) electrons. The maximum atomic E-state index is 5.47. The smallest absolute Gasteiger partial charge is 0.0572 e. The quantitative estimate of drug-likeness (QED) is 0.639. The average Bonchev–Trinajstić information content (AvgIpc) is 2.05. The monoisotopic (exact) mass is 151 g/mol. The molecule has 0 saturated carbocycles. The van der Waals surface area contributed by atoms with Crippen LogP contribution < -0.4 is 11.5 Å². The fraction of sp³-hybridized carbons (Fsp3) is 0.375. The SMILES string of the molecule is Cc1ccc(CN)nc1CN.